The zero-order valence-corrected chi connectivity index (χ0v) is 16.4. The number of hydrogen-bond acceptors (Lipinski definition) is 4. The summed E-state index contributed by atoms with van der Waals surface area (Å²) in [6.45, 7) is 7.93. The van der Waals surface area contributed by atoms with Crippen molar-refractivity contribution in [3.8, 4) is 5.75 Å². The third-order valence-corrected chi connectivity index (χ3v) is 4.53. The van der Waals surface area contributed by atoms with E-state index in [4.69, 9.17) is 19.2 Å². The van der Waals surface area contributed by atoms with Crippen molar-refractivity contribution in [2.45, 2.75) is 19.8 Å². The van der Waals surface area contributed by atoms with Gasteiger partial charge in [0.05, 0.1) is 26.9 Å². The van der Waals surface area contributed by atoms with Crippen LogP contribution in [0, 0.1) is 5.92 Å². The molecule has 26 heavy (non-hydrogen) atoms. The number of nitrogens with zero attached hydrogens (tertiary/aromatic N) is 2. The van der Waals surface area contributed by atoms with Gasteiger partial charge in [-0.25, -0.2) is 0 Å². The number of nitrogens with one attached hydrogen (secondary N) is 1. The fraction of sp³-hybridized carbons (Fsp3) is 0.650. The predicted octanol–water partition coefficient (Wildman–Crippen LogP) is 2.19. The maximum atomic E-state index is 5.68. The monoisotopic (exact) mass is 363 g/mol. The van der Waals surface area contributed by atoms with Gasteiger partial charge in [-0.3, -0.25) is 4.99 Å². The van der Waals surface area contributed by atoms with Gasteiger partial charge in [0, 0.05) is 39.2 Å². The molecule has 0 bridgehead atoms. The maximum Gasteiger partial charge on any atom is 0.193 e. The molecule has 0 radical (unpaired) electrons. The Kier molecular flexibility index (Phi) is 9.28. The molecule has 0 amide bonds. The van der Waals surface area contributed by atoms with Gasteiger partial charge in [-0.05, 0) is 37.5 Å². The Morgan fingerprint density at radius 3 is 2.73 bits per heavy atom. The first-order valence-corrected chi connectivity index (χ1v) is 9.49. The van der Waals surface area contributed by atoms with Crippen molar-refractivity contribution in [1.82, 2.24) is 10.2 Å². The van der Waals surface area contributed by atoms with E-state index in [-0.39, 0.29) is 0 Å². The highest BCUT2D eigenvalue weighted by atomic mass is 16.5. The number of likely N-dealkylation sites (tertiary alicyclic amines) is 1. The molecule has 2 rings (SSSR count). The standard InChI is InChI=1S/C20H33N3O3/c1-4-21-20(22-11-9-17-5-7-19(25-3)8-6-17)23-12-10-18(15-23)16-26-14-13-24-2/h5-8,18H,4,9-16H2,1-3H3,(H,21,22). The lowest BCUT2D eigenvalue weighted by Crippen LogP contribution is -2.40. The van der Waals surface area contributed by atoms with E-state index in [0.717, 1.165) is 57.3 Å². The lowest BCUT2D eigenvalue weighted by molar-refractivity contribution is 0.0536. The van der Waals surface area contributed by atoms with Gasteiger partial charge in [-0.2, -0.15) is 0 Å². The molecule has 1 fully saturated rings. The number of benzene rings is 1. The summed E-state index contributed by atoms with van der Waals surface area (Å²) in [6, 6.07) is 8.20. The van der Waals surface area contributed by atoms with E-state index >= 15 is 0 Å². The van der Waals surface area contributed by atoms with Crippen molar-refractivity contribution in [3.63, 3.8) is 0 Å². The fourth-order valence-electron chi connectivity index (χ4n) is 3.06. The summed E-state index contributed by atoms with van der Waals surface area (Å²) in [5.74, 6) is 2.47. The van der Waals surface area contributed by atoms with Crippen molar-refractivity contribution in [2.24, 2.45) is 10.9 Å². The average Bonchev–Trinajstić information content (AvgIpc) is 3.14. The van der Waals surface area contributed by atoms with Crippen LogP contribution >= 0.6 is 0 Å². The highest BCUT2D eigenvalue weighted by molar-refractivity contribution is 5.80. The maximum absolute atomic E-state index is 5.68. The molecule has 1 unspecified atom stereocenters. The third kappa shape index (κ3) is 6.84. The van der Waals surface area contributed by atoms with Crippen LogP contribution in [0.4, 0.5) is 0 Å². The molecule has 0 aliphatic carbocycles. The molecule has 1 aromatic rings. The predicted molar refractivity (Wildman–Crippen MR) is 105 cm³/mol. The second-order valence-electron chi connectivity index (χ2n) is 6.50. The van der Waals surface area contributed by atoms with Crippen LogP contribution in [0.25, 0.3) is 0 Å². The van der Waals surface area contributed by atoms with E-state index in [1.165, 1.54) is 5.56 Å². The second kappa shape index (κ2) is 11.8. The summed E-state index contributed by atoms with van der Waals surface area (Å²) in [6.07, 6.45) is 2.08. The van der Waals surface area contributed by atoms with Gasteiger partial charge in [0.15, 0.2) is 5.96 Å². The number of rotatable bonds is 10. The van der Waals surface area contributed by atoms with Gasteiger partial charge < -0.3 is 24.4 Å². The van der Waals surface area contributed by atoms with Crippen LogP contribution in [0.2, 0.25) is 0 Å². The van der Waals surface area contributed by atoms with E-state index < -0.39 is 0 Å². The number of hydrogen-bond donors (Lipinski definition) is 1. The van der Waals surface area contributed by atoms with Crippen molar-refractivity contribution in [2.75, 3.05) is 60.2 Å². The van der Waals surface area contributed by atoms with Gasteiger partial charge in [0.1, 0.15) is 5.75 Å². The molecule has 0 saturated carbocycles. The molecule has 1 aliphatic rings. The quantitative estimate of drug-likeness (QED) is 0.392. The van der Waals surface area contributed by atoms with E-state index in [9.17, 15) is 0 Å². The van der Waals surface area contributed by atoms with E-state index in [0.29, 0.717) is 19.1 Å². The summed E-state index contributed by atoms with van der Waals surface area (Å²) in [5.41, 5.74) is 1.27. The molecule has 146 valence electrons. The largest absolute Gasteiger partial charge is 0.497 e. The Morgan fingerprint density at radius 1 is 1.23 bits per heavy atom. The molecule has 1 saturated heterocycles. The number of aliphatic imine (C=N–C) groups is 1. The van der Waals surface area contributed by atoms with Crippen LogP contribution < -0.4 is 10.1 Å². The molecular weight excluding hydrogens is 330 g/mol. The summed E-state index contributed by atoms with van der Waals surface area (Å²) in [7, 11) is 3.39. The van der Waals surface area contributed by atoms with Gasteiger partial charge in [-0.15, -0.1) is 0 Å². The molecule has 1 atom stereocenters. The van der Waals surface area contributed by atoms with Crippen LogP contribution in [0.15, 0.2) is 29.3 Å². The zero-order valence-electron chi connectivity index (χ0n) is 16.4. The minimum Gasteiger partial charge on any atom is -0.497 e. The molecule has 6 nitrogen and oxygen atoms in total. The minimum atomic E-state index is 0.567. The second-order valence-corrected chi connectivity index (χ2v) is 6.50. The summed E-state index contributed by atoms with van der Waals surface area (Å²) >= 11 is 0. The van der Waals surface area contributed by atoms with Crippen LogP contribution in [-0.4, -0.2) is 71.1 Å². The van der Waals surface area contributed by atoms with Gasteiger partial charge in [-0.1, -0.05) is 12.1 Å². The van der Waals surface area contributed by atoms with Crippen molar-refractivity contribution >= 4 is 5.96 Å². The minimum absolute atomic E-state index is 0.567. The number of methoxy groups -OCH3 is 2. The SMILES string of the molecule is CCNC(=NCCc1ccc(OC)cc1)N1CCC(COCCOC)C1. The van der Waals surface area contributed by atoms with Gasteiger partial charge in [0.2, 0.25) is 0 Å². The summed E-state index contributed by atoms with van der Waals surface area (Å²) < 4.78 is 15.9. The summed E-state index contributed by atoms with van der Waals surface area (Å²) in [4.78, 5) is 7.17. The molecular formula is C20H33N3O3. The Hall–Kier alpha value is -1.79. The smallest absolute Gasteiger partial charge is 0.193 e. The van der Waals surface area contributed by atoms with E-state index in [1.807, 2.05) is 12.1 Å². The highest BCUT2D eigenvalue weighted by Crippen LogP contribution is 2.17. The Morgan fingerprint density at radius 2 is 2.04 bits per heavy atom. The molecule has 0 spiro atoms. The highest BCUT2D eigenvalue weighted by Gasteiger charge is 2.24. The zero-order chi connectivity index (χ0) is 18.6. The van der Waals surface area contributed by atoms with Crippen LogP contribution in [0.3, 0.4) is 0 Å². The topological polar surface area (TPSA) is 55.3 Å². The van der Waals surface area contributed by atoms with Gasteiger partial charge >= 0.3 is 0 Å². The first-order chi connectivity index (χ1) is 12.8. The van der Waals surface area contributed by atoms with Crippen LogP contribution in [0.1, 0.15) is 18.9 Å². The van der Waals surface area contributed by atoms with Crippen molar-refractivity contribution in [1.29, 1.82) is 0 Å². The number of guanidine groups is 1. The summed E-state index contributed by atoms with van der Waals surface area (Å²) in [5, 5.41) is 3.42. The number of ether oxygens (including phenoxy) is 3. The van der Waals surface area contributed by atoms with Crippen molar-refractivity contribution < 1.29 is 14.2 Å². The van der Waals surface area contributed by atoms with E-state index in [2.05, 4.69) is 29.3 Å². The Balaban J connectivity index is 1.80. The third-order valence-electron chi connectivity index (χ3n) is 4.53. The molecule has 1 heterocycles. The lowest BCUT2D eigenvalue weighted by atomic mass is 10.1. The fourth-order valence-corrected chi connectivity index (χ4v) is 3.06. The molecule has 1 aliphatic heterocycles. The molecule has 1 N–H and O–H groups in total. The van der Waals surface area contributed by atoms with Crippen LogP contribution in [-0.2, 0) is 15.9 Å². The first kappa shape index (κ1) is 20.5. The Bertz CT molecular complexity index is 534. The Labute approximate surface area is 157 Å². The lowest BCUT2D eigenvalue weighted by Gasteiger charge is -2.21. The van der Waals surface area contributed by atoms with Crippen molar-refractivity contribution in [3.05, 3.63) is 29.8 Å². The molecule has 0 aromatic heterocycles. The first-order valence-electron chi connectivity index (χ1n) is 9.49. The van der Waals surface area contributed by atoms with E-state index in [1.54, 1.807) is 14.2 Å². The van der Waals surface area contributed by atoms with Crippen LogP contribution in [0.5, 0.6) is 5.75 Å². The average molecular weight is 364 g/mol. The molecule has 6 heteroatoms. The normalized spacial score (nSPS) is 17.6. The molecule has 1 aromatic carbocycles. The van der Waals surface area contributed by atoms with Gasteiger partial charge in [0.25, 0.3) is 0 Å².